The number of rotatable bonds is 10. The Bertz CT molecular complexity index is 174. The minimum atomic E-state index is -0.155. The summed E-state index contributed by atoms with van der Waals surface area (Å²) in [7, 11) is 0. The van der Waals surface area contributed by atoms with Crippen molar-refractivity contribution in [3.8, 4) is 0 Å². The van der Waals surface area contributed by atoms with Gasteiger partial charge in [0.2, 0.25) is 0 Å². The van der Waals surface area contributed by atoms with Gasteiger partial charge < -0.3 is 10.1 Å². The molecule has 0 unspecified atom stereocenters. The minimum absolute atomic E-state index is 0.0131. The van der Waals surface area contributed by atoms with Crippen LogP contribution in [0, 0.1) is 0 Å². The normalized spacial score (nSPS) is 10.8. The van der Waals surface area contributed by atoms with E-state index in [0.29, 0.717) is 6.54 Å². The van der Waals surface area contributed by atoms with Gasteiger partial charge in [-0.25, -0.2) is 0 Å². The van der Waals surface area contributed by atoms with Crippen molar-refractivity contribution in [1.29, 1.82) is 0 Å². The topological polar surface area (TPSA) is 38.3 Å². The summed E-state index contributed by atoms with van der Waals surface area (Å²) in [5.41, 5.74) is 0. The maximum absolute atomic E-state index is 11.1. The molecule has 0 aliphatic heterocycles. The van der Waals surface area contributed by atoms with Crippen molar-refractivity contribution in [3.05, 3.63) is 0 Å². The highest BCUT2D eigenvalue weighted by Gasteiger charge is 2.03. The summed E-state index contributed by atoms with van der Waals surface area (Å²) in [6, 6.07) is 0. The van der Waals surface area contributed by atoms with Crippen LogP contribution in [0.25, 0.3) is 0 Å². The number of unbranched alkanes of at least 4 members (excludes halogenated alkanes) is 3. The second kappa shape index (κ2) is 11.3. The number of ether oxygens (including phenoxy) is 1. The summed E-state index contributed by atoms with van der Waals surface area (Å²) in [4.78, 5) is 11.1. The summed E-state index contributed by atoms with van der Waals surface area (Å²) in [5.74, 6) is 1.10. The number of hydrogen-bond donors (Lipinski definition) is 1. The smallest absolute Gasteiger partial charge is 0.320 e. The number of thioether (sulfide) groups is 1. The predicted octanol–water partition coefficient (Wildman–Crippen LogP) is 2.45. The van der Waals surface area contributed by atoms with E-state index < -0.39 is 0 Å². The van der Waals surface area contributed by atoms with Crippen LogP contribution in [-0.2, 0) is 9.53 Å². The average molecular weight is 247 g/mol. The van der Waals surface area contributed by atoms with Gasteiger partial charge in [-0.1, -0.05) is 12.8 Å². The number of esters is 1. The molecule has 96 valence electrons. The summed E-state index contributed by atoms with van der Waals surface area (Å²) in [6.45, 7) is 4.97. The molecule has 0 amide bonds. The van der Waals surface area contributed by atoms with Crippen molar-refractivity contribution in [2.75, 3.05) is 25.1 Å². The van der Waals surface area contributed by atoms with E-state index in [1.165, 1.54) is 25.0 Å². The van der Waals surface area contributed by atoms with Gasteiger partial charge in [0.15, 0.2) is 0 Å². The molecule has 0 spiro atoms. The van der Waals surface area contributed by atoms with E-state index in [-0.39, 0.29) is 12.1 Å². The van der Waals surface area contributed by atoms with Gasteiger partial charge in [-0.05, 0) is 45.2 Å². The van der Waals surface area contributed by atoms with E-state index in [1.807, 2.05) is 25.6 Å². The van der Waals surface area contributed by atoms with Crippen LogP contribution < -0.4 is 5.32 Å². The van der Waals surface area contributed by atoms with Gasteiger partial charge in [-0.2, -0.15) is 11.8 Å². The number of carbonyl (C=O) groups excluding carboxylic acids is 1. The van der Waals surface area contributed by atoms with Crippen LogP contribution in [-0.4, -0.2) is 37.2 Å². The lowest BCUT2D eigenvalue weighted by Crippen LogP contribution is -2.27. The van der Waals surface area contributed by atoms with Crippen LogP contribution in [0.4, 0.5) is 0 Å². The molecule has 3 nitrogen and oxygen atoms in total. The monoisotopic (exact) mass is 247 g/mol. The highest BCUT2D eigenvalue weighted by molar-refractivity contribution is 7.98. The molecule has 1 N–H and O–H groups in total. The molecule has 16 heavy (non-hydrogen) atoms. The van der Waals surface area contributed by atoms with Gasteiger partial charge >= 0.3 is 5.97 Å². The van der Waals surface area contributed by atoms with E-state index in [2.05, 4.69) is 11.6 Å². The van der Waals surface area contributed by atoms with Crippen LogP contribution in [0.15, 0.2) is 0 Å². The van der Waals surface area contributed by atoms with Gasteiger partial charge in [-0.15, -0.1) is 0 Å². The van der Waals surface area contributed by atoms with Crippen molar-refractivity contribution >= 4 is 17.7 Å². The Kier molecular flexibility index (Phi) is 11.1. The quantitative estimate of drug-likeness (QED) is 0.475. The lowest BCUT2D eigenvalue weighted by atomic mass is 10.2. The third-order valence-corrected chi connectivity index (χ3v) is 2.79. The fourth-order valence-electron chi connectivity index (χ4n) is 1.34. The van der Waals surface area contributed by atoms with Crippen molar-refractivity contribution in [3.63, 3.8) is 0 Å². The number of carbonyl (C=O) groups is 1. The zero-order chi connectivity index (χ0) is 12.2. The Morgan fingerprint density at radius 1 is 1.25 bits per heavy atom. The first-order valence-corrected chi connectivity index (χ1v) is 7.45. The summed E-state index contributed by atoms with van der Waals surface area (Å²) in [6.07, 6.45) is 7.11. The van der Waals surface area contributed by atoms with Crippen molar-refractivity contribution in [2.24, 2.45) is 0 Å². The van der Waals surface area contributed by atoms with Gasteiger partial charge in [0.25, 0.3) is 0 Å². The summed E-state index contributed by atoms with van der Waals surface area (Å²) in [5, 5.41) is 3.10. The Hall–Kier alpha value is -0.220. The van der Waals surface area contributed by atoms with Crippen LogP contribution in [0.3, 0.4) is 0 Å². The zero-order valence-electron chi connectivity index (χ0n) is 10.8. The molecule has 0 radical (unpaired) electrons. The Morgan fingerprint density at radius 3 is 2.56 bits per heavy atom. The molecule has 0 bridgehead atoms. The molecule has 0 saturated carbocycles. The Labute approximate surface area is 104 Å². The van der Waals surface area contributed by atoms with Crippen LogP contribution >= 0.6 is 11.8 Å². The van der Waals surface area contributed by atoms with Crippen molar-refractivity contribution < 1.29 is 9.53 Å². The lowest BCUT2D eigenvalue weighted by molar-refractivity contribution is -0.146. The van der Waals surface area contributed by atoms with Gasteiger partial charge in [0, 0.05) is 0 Å². The molecule has 0 rings (SSSR count). The SMILES string of the molecule is CSCCCCCCNCC(=O)OC(C)C. The third-order valence-electron chi connectivity index (χ3n) is 2.09. The van der Waals surface area contributed by atoms with Crippen LogP contribution in [0.5, 0.6) is 0 Å². The zero-order valence-corrected chi connectivity index (χ0v) is 11.6. The molecule has 0 aromatic heterocycles. The molecule has 0 saturated heterocycles. The molecular weight excluding hydrogens is 222 g/mol. The minimum Gasteiger partial charge on any atom is -0.462 e. The standard InChI is InChI=1S/C12H25NO2S/c1-11(2)15-12(14)10-13-8-6-4-5-7-9-16-3/h11,13H,4-10H2,1-3H3. The van der Waals surface area contributed by atoms with E-state index in [9.17, 15) is 4.79 Å². The molecule has 0 heterocycles. The fourth-order valence-corrected chi connectivity index (χ4v) is 1.84. The predicted molar refractivity (Wildman–Crippen MR) is 70.9 cm³/mol. The first kappa shape index (κ1) is 15.8. The Morgan fingerprint density at radius 2 is 1.94 bits per heavy atom. The third kappa shape index (κ3) is 11.9. The molecule has 0 atom stereocenters. The highest BCUT2D eigenvalue weighted by Crippen LogP contribution is 2.03. The van der Waals surface area contributed by atoms with Gasteiger partial charge in [0.1, 0.15) is 0 Å². The van der Waals surface area contributed by atoms with Gasteiger partial charge in [0.05, 0.1) is 12.6 Å². The molecular formula is C12H25NO2S. The average Bonchev–Trinajstić information content (AvgIpc) is 2.21. The molecule has 0 aliphatic rings. The van der Waals surface area contributed by atoms with E-state index in [4.69, 9.17) is 4.74 Å². The van der Waals surface area contributed by atoms with Crippen molar-refractivity contribution in [1.82, 2.24) is 5.32 Å². The number of hydrogen-bond acceptors (Lipinski definition) is 4. The van der Waals surface area contributed by atoms with Crippen LogP contribution in [0.1, 0.15) is 39.5 Å². The van der Waals surface area contributed by atoms with E-state index in [1.54, 1.807) is 0 Å². The second-order valence-electron chi connectivity index (χ2n) is 4.12. The van der Waals surface area contributed by atoms with Gasteiger partial charge in [-0.3, -0.25) is 4.79 Å². The second-order valence-corrected chi connectivity index (χ2v) is 5.11. The summed E-state index contributed by atoms with van der Waals surface area (Å²) >= 11 is 1.90. The highest BCUT2D eigenvalue weighted by atomic mass is 32.2. The molecule has 4 heteroatoms. The molecule has 0 aliphatic carbocycles. The first-order valence-electron chi connectivity index (χ1n) is 6.06. The Balaban J connectivity index is 3.11. The van der Waals surface area contributed by atoms with E-state index >= 15 is 0 Å². The lowest BCUT2D eigenvalue weighted by Gasteiger charge is -2.08. The number of nitrogens with one attached hydrogen (secondary N) is 1. The molecule has 0 fully saturated rings. The van der Waals surface area contributed by atoms with E-state index in [0.717, 1.165) is 13.0 Å². The van der Waals surface area contributed by atoms with Crippen LogP contribution in [0.2, 0.25) is 0 Å². The van der Waals surface area contributed by atoms with Crippen molar-refractivity contribution in [2.45, 2.75) is 45.6 Å². The maximum Gasteiger partial charge on any atom is 0.320 e. The molecule has 0 aromatic carbocycles. The first-order chi connectivity index (χ1) is 7.66. The summed E-state index contributed by atoms with van der Waals surface area (Å²) < 4.78 is 5.01. The largest absolute Gasteiger partial charge is 0.462 e. The maximum atomic E-state index is 11.1. The fraction of sp³-hybridized carbons (Fsp3) is 0.917. The molecule has 0 aromatic rings.